The summed E-state index contributed by atoms with van der Waals surface area (Å²) < 4.78 is 19.4. The molecule has 1 aliphatic heterocycles. The summed E-state index contributed by atoms with van der Waals surface area (Å²) >= 11 is 0. The molecule has 2 aromatic carbocycles. The average molecular weight is 340 g/mol. The molecule has 0 atom stereocenters. The lowest BCUT2D eigenvalue weighted by molar-refractivity contribution is 0.304. The Hall–Kier alpha value is -2.99. The van der Waals surface area contributed by atoms with Crippen molar-refractivity contribution < 1.29 is 9.13 Å². The number of benzene rings is 2. The van der Waals surface area contributed by atoms with E-state index in [-0.39, 0.29) is 5.82 Å². The van der Waals surface area contributed by atoms with Crippen molar-refractivity contribution >= 4 is 12.1 Å². The van der Waals surface area contributed by atoms with Crippen LogP contribution in [0.15, 0.2) is 65.8 Å². The predicted octanol–water partition coefficient (Wildman–Crippen LogP) is 3.16. The van der Waals surface area contributed by atoms with Gasteiger partial charge < -0.3 is 10.5 Å². The number of halogens is 1. The number of hydrazone groups is 1. The molecule has 0 fully saturated rings. The summed E-state index contributed by atoms with van der Waals surface area (Å²) in [7, 11) is 1.50. The highest BCUT2D eigenvalue weighted by Gasteiger charge is 2.22. The highest BCUT2D eigenvalue weighted by Crippen LogP contribution is 2.27. The lowest BCUT2D eigenvalue weighted by Gasteiger charge is -2.12. The zero-order valence-corrected chi connectivity index (χ0v) is 14.1. The number of hydrogen-bond donors (Lipinski definition) is 2. The highest BCUT2D eigenvalue weighted by molar-refractivity contribution is 6.15. The van der Waals surface area contributed by atoms with Crippen LogP contribution >= 0.6 is 0 Å². The molecule has 1 heterocycles. The lowest BCUT2D eigenvalue weighted by atomic mass is 10.0. The number of nitrogens with one attached hydrogen (secondary N) is 1. The fraction of sp³-hybridized carbons (Fsp3) is 0.158. The zero-order chi connectivity index (χ0) is 18.2. The first-order chi connectivity index (χ1) is 12.2. The summed E-state index contributed by atoms with van der Waals surface area (Å²) in [6, 6.07) is 14.0. The number of rotatable bonds is 5. The van der Waals surface area contributed by atoms with E-state index in [0.29, 0.717) is 30.2 Å². The van der Waals surface area contributed by atoms with Crippen molar-refractivity contribution in [3.63, 3.8) is 0 Å². The molecular formula is C19H21FN4O. The van der Waals surface area contributed by atoms with Crippen molar-refractivity contribution in [3.05, 3.63) is 77.6 Å². The Labute approximate surface area is 146 Å². The van der Waals surface area contributed by atoms with Gasteiger partial charge in [0.25, 0.3) is 0 Å². The van der Waals surface area contributed by atoms with E-state index in [2.05, 4.69) is 17.4 Å². The Morgan fingerprint density at radius 2 is 2.00 bits per heavy atom. The first kappa shape index (κ1) is 18.4. The fourth-order valence-corrected chi connectivity index (χ4v) is 2.37. The smallest absolute Gasteiger partial charge is 0.132 e. The van der Waals surface area contributed by atoms with Crippen LogP contribution in [0.3, 0.4) is 0 Å². The molecule has 1 aliphatic rings. The molecule has 0 unspecified atom stereocenters. The van der Waals surface area contributed by atoms with Gasteiger partial charge in [-0.25, -0.2) is 4.39 Å². The first-order valence-corrected chi connectivity index (χ1v) is 7.76. The maximum atomic E-state index is 13.6. The predicted molar refractivity (Wildman–Crippen MR) is 98.5 cm³/mol. The Balaban J connectivity index is 0.00000109. The van der Waals surface area contributed by atoms with E-state index in [1.807, 2.05) is 30.3 Å². The molecule has 0 radical (unpaired) electrons. The summed E-state index contributed by atoms with van der Waals surface area (Å²) in [6.07, 6.45) is 1.13. The van der Waals surface area contributed by atoms with Crippen molar-refractivity contribution in [1.82, 2.24) is 5.01 Å². The van der Waals surface area contributed by atoms with Crippen LogP contribution in [-0.4, -0.2) is 30.7 Å². The number of ether oxygens (including phenoxy) is 1. The van der Waals surface area contributed by atoms with Crippen LogP contribution in [0.25, 0.3) is 0 Å². The molecule has 0 amide bonds. The normalized spacial score (nSPS) is 13.0. The Morgan fingerprint density at radius 3 is 2.64 bits per heavy atom. The second-order valence-corrected chi connectivity index (χ2v) is 5.19. The highest BCUT2D eigenvalue weighted by atomic mass is 19.1. The molecule has 0 spiro atoms. The second-order valence-electron chi connectivity index (χ2n) is 5.19. The molecule has 6 heteroatoms. The summed E-state index contributed by atoms with van der Waals surface area (Å²) in [5, 5.41) is 13.1. The average Bonchev–Trinajstić information content (AvgIpc) is 3.03. The molecule has 0 aliphatic carbocycles. The Kier molecular flexibility index (Phi) is 6.42. The van der Waals surface area contributed by atoms with Gasteiger partial charge in [-0.3, -0.25) is 10.4 Å². The molecule has 3 rings (SSSR count). The molecule has 0 aromatic heterocycles. The van der Waals surface area contributed by atoms with E-state index in [1.165, 1.54) is 24.2 Å². The minimum atomic E-state index is -0.370. The summed E-state index contributed by atoms with van der Waals surface area (Å²) in [5.41, 5.74) is 7.56. The topological polar surface area (TPSA) is 74.7 Å². The quantitative estimate of drug-likeness (QED) is 0.648. The van der Waals surface area contributed by atoms with Gasteiger partial charge in [0.1, 0.15) is 24.5 Å². The Bertz CT molecular complexity index is 774. The van der Waals surface area contributed by atoms with Crippen molar-refractivity contribution in [2.24, 2.45) is 10.8 Å². The maximum Gasteiger partial charge on any atom is 0.132 e. The fourth-order valence-electron chi connectivity index (χ4n) is 2.37. The van der Waals surface area contributed by atoms with Crippen molar-refractivity contribution in [2.75, 3.05) is 13.6 Å². The van der Waals surface area contributed by atoms with Gasteiger partial charge in [0.05, 0.1) is 12.3 Å². The maximum absolute atomic E-state index is 13.6. The van der Waals surface area contributed by atoms with Crippen LogP contribution < -0.4 is 10.5 Å². The van der Waals surface area contributed by atoms with Gasteiger partial charge in [-0.1, -0.05) is 36.9 Å². The largest absolute Gasteiger partial charge is 0.488 e. The van der Waals surface area contributed by atoms with Crippen LogP contribution in [0.2, 0.25) is 0 Å². The molecule has 3 N–H and O–H groups in total. The van der Waals surface area contributed by atoms with E-state index in [1.54, 1.807) is 6.07 Å². The van der Waals surface area contributed by atoms with Crippen LogP contribution in [-0.2, 0) is 6.61 Å². The molecule has 5 nitrogen and oxygen atoms in total. The van der Waals surface area contributed by atoms with E-state index in [9.17, 15) is 4.39 Å². The van der Waals surface area contributed by atoms with Gasteiger partial charge in [-0.05, 0) is 30.3 Å². The summed E-state index contributed by atoms with van der Waals surface area (Å²) in [4.78, 5) is 0. The number of nitrogens with two attached hydrogens (primary N) is 1. The molecule has 0 bridgehead atoms. The Morgan fingerprint density at radius 1 is 1.28 bits per heavy atom. The van der Waals surface area contributed by atoms with E-state index in [0.717, 1.165) is 17.5 Å². The van der Waals surface area contributed by atoms with Crippen molar-refractivity contribution in [1.29, 1.82) is 5.41 Å². The monoisotopic (exact) mass is 340 g/mol. The third-order valence-corrected chi connectivity index (χ3v) is 3.50. The minimum Gasteiger partial charge on any atom is -0.488 e. The van der Waals surface area contributed by atoms with Crippen molar-refractivity contribution in [3.8, 4) is 5.75 Å². The molecule has 0 saturated carbocycles. The van der Waals surface area contributed by atoms with Crippen LogP contribution in [0.5, 0.6) is 5.75 Å². The van der Waals surface area contributed by atoms with Crippen molar-refractivity contribution in [2.45, 2.75) is 6.61 Å². The number of nitrogens with zero attached hydrogens (tertiary/aromatic N) is 2. The van der Waals surface area contributed by atoms with Gasteiger partial charge in [-0.2, -0.15) is 5.10 Å². The first-order valence-electron chi connectivity index (χ1n) is 7.76. The molecule has 25 heavy (non-hydrogen) atoms. The van der Waals surface area contributed by atoms with Crippen LogP contribution in [0.4, 0.5) is 4.39 Å². The standard InChI is InChI=1S/C18H16FN3O.CH5N/c1-13-10-22(12-20)21-18(13)16-8-7-15(19)9-17(16)23-11-14-5-3-2-4-6-14;1-2/h2-9,12,20H,1,10-11H2;2H2,1H3. The summed E-state index contributed by atoms with van der Waals surface area (Å²) in [5.74, 6) is 0.0468. The molecular weight excluding hydrogens is 319 g/mol. The third-order valence-electron chi connectivity index (χ3n) is 3.50. The molecule has 2 aromatic rings. The van der Waals surface area contributed by atoms with Gasteiger partial charge >= 0.3 is 0 Å². The third kappa shape index (κ3) is 4.51. The SMILES string of the molecule is C=C1CN(C=N)N=C1c1ccc(F)cc1OCc1ccccc1.CN. The van der Waals surface area contributed by atoms with Gasteiger partial charge in [0.2, 0.25) is 0 Å². The minimum absolute atomic E-state index is 0.339. The van der Waals surface area contributed by atoms with Crippen LogP contribution in [0.1, 0.15) is 11.1 Å². The molecule has 130 valence electrons. The van der Waals surface area contributed by atoms with Gasteiger partial charge in [0.15, 0.2) is 0 Å². The molecule has 0 saturated heterocycles. The summed E-state index contributed by atoms with van der Waals surface area (Å²) in [6.45, 7) is 4.76. The number of hydrogen-bond acceptors (Lipinski definition) is 4. The lowest BCUT2D eigenvalue weighted by Crippen LogP contribution is -2.10. The second kappa shape index (κ2) is 8.75. The van der Waals surface area contributed by atoms with E-state index in [4.69, 9.17) is 10.1 Å². The van der Waals surface area contributed by atoms with E-state index >= 15 is 0 Å². The zero-order valence-electron chi connectivity index (χ0n) is 14.1. The van der Waals surface area contributed by atoms with E-state index < -0.39 is 0 Å². The van der Waals surface area contributed by atoms with Gasteiger partial charge in [-0.15, -0.1) is 0 Å². The van der Waals surface area contributed by atoms with Gasteiger partial charge in [0, 0.05) is 11.6 Å². The van der Waals surface area contributed by atoms with Crippen LogP contribution in [0, 0.1) is 11.2 Å².